The van der Waals surface area contributed by atoms with Gasteiger partial charge in [-0.25, -0.2) is 0 Å². The number of halogens is 1. The molecule has 0 saturated carbocycles. The van der Waals surface area contributed by atoms with E-state index in [0.717, 1.165) is 5.56 Å². The summed E-state index contributed by atoms with van der Waals surface area (Å²) in [6, 6.07) is 6.55. The Hall–Kier alpha value is -0.130. The molecule has 0 aliphatic carbocycles. The molecule has 2 rings (SSSR count). The van der Waals surface area contributed by atoms with Crippen LogP contribution in [0.25, 0.3) is 0 Å². The molecule has 0 bridgehead atoms. The predicted molar refractivity (Wildman–Crippen MR) is 77.1 cm³/mol. The van der Waals surface area contributed by atoms with Crippen LogP contribution >= 0.6 is 22.6 Å². The van der Waals surface area contributed by atoms with Gasteiger partial charge in [-0.1, -0.05) is 26.8 Å². The van der Waals surface area contributed by atoms with E-state index in [1.54, 1.807) is 0 Å². The number of hydrogen-bond donors (Lipinski definition) is 0. The molecule has 0 amide bonds. The van der Waals surface area contributed by atoms with Crippen molar-refractivity contribution >= 4 is 22.6 Å². The van der Waals surface area contributed by atoms with Crippen LogP contribution in [0.5, 0.6) is 0 Å². The molecule has 1 aliphatic rings. The molecule has 0 aromatic heterocycles. The van der Waals surface area contributed by atoms with E-state index in [9.17, 15) is 0 Å². The van der Waals surface area contributed by atoms with Crippen LogP contribution in [0, 0.1) is 3.57 Å². The second-order valence-electron chi connectivity index (χ2n) is 5.59. The summed E-state index contributed by atoms with van der Waals surface area (Å²) in [6.45, 7) is 10.0. The highest BCUT2D eigenvalue weighted by Crippen LogP contribution is 2.36. The van der Waals surface area contributed by atoms with E-state index in [2.05, 4.69) is 61.6 Å². The molecular formula is C14H19IO2. The molecule has 1 saturated heterocycles. The molecule has 1 aliphatic heterocycles. The Bertz CT molecular complexity index is 415. The van der Waals surface area contributed by atoms with Crippen LogP contribution < -0.4 is 0 Å². The summed E-state index contributed by atoms with van der Waals surface area (Å²) in [4.78, 5) is 0. The Morgan fingerprint density at radius 2 is 1.76 bits per heavy atom. The fourth-order valence-corrected chi connectivity index (χ4v) is 2.84. The van der Waals surface area contributed by atoms with Gasteiger partial charge in [0.1, 0.15) is 0 Å². The molecule has 2 nitrogen and oxygen atoms in total. The largest absolute Gasteiger partial charge is 0.344 e. The van der Waals surface area contributed by atoms with E-state index in [4.69, 9.17) is 9.47 Å². The number of hydrogen-bond acceptors (Lipinski definition) is 2. The minimum Gasteiger partial charge on any atom is -0.344 e. The summed E-state index contributed by atoms with van der Waals surface area (Å²) < 4.78 is 12.7. The Morgan fingerprint density at radius 1 is 1.18 bits per heavy atom. The van der Waals surface area contributed by atoms with E-state index in [0.29, 0.717) is 13.2 Å². The number of ether oxygens (including phenoxy) is 2. The lowest BCUT2D eigenvalue weighted by molar-refractivity contribution is -0.150. The fourth-order valence-electron chi connectivity index (χ4n) is 2.01. The van der Waals surface area contributed by atoms with Gasteiger partial charge >= 0.3 is 0 Å². The zero-order chi connectivity index (χ0) is 12.7. The molecule has 0 unspecified atom stereocenters. The average Bonchev–Trinajstić information content (AvgIpc) is 2.65. The van der Waals surface area contributed by atoms with E-state index in [1.165, 1.54) is 9.13 Å². The lowest BCUT2D eigenvalue weighted by atomic mass is 9.85. The molecule has 0 spiro atoms. The predicted octanol–water partition coefficient (Wildman–Crippen LogP) is 3.81. The van der Waals surface area contributed by atoms with Gasteiger partial charge in [0.05, 0.1) is 13.2 Å². The fraction of sp³-hybridized carbons (Fsp3) is 0.571. The zero-order valence-electron chi connectivity index (χ0n) is 10.8. The topological polar surface area (TPSA) is 18.5 Å². The molecular weight excluding hydrogens is 327 g/mol. The third-order valence-corrected chi connectivity index (χ3v) is 4.10. The summed E-state index contributed by atoms with van der Waals surface area (Å²) in [6.07, 6.45) is 0. The van der Waals surface area contributed by atoms with Crippen LogP contribution in [0.3, 0.4) is 0 Å². The second-order valence-corrected chi connectivity index (χ2v) is 6.75. The highest BCUT2D eigenvalue weighted by atomic mass is 127. The van der Waals surface area contributed by atoms with E-state index < -0.39 is 5.79 Å². The summed E-state index contributed by atoms with van der Waals surface area (Å²) in [5.41, 5.74) is 2.60. The summed E-state index contributed by atoms with van der Waals surface area (Å²) in [5.74, 6) is -0.572. The second kappa shape index (κ2) is 4.52. The molecule has 1 heterocycles. The Labute approximate surface area is 117 Å². The van der Waals surface area contributed by atoms with Gasteiger partial charge in [-0.15, -0.1) is 0 Å². The van der Waals surface area contributed by atoms with Crippen molar-refractivity contribution in [2.45, 2.75) is 38.9 Å². The molecule has 3 heteroatoms. The maximum Gasteiger partial charge on any atom is 0.193 e. The van der Waals surface area contributed by atoms with Gasteiger partial charge in [-0.3, -0.25) is 0 Å². The molecule has 1 aromatic carbocycles. The number of benzene rings is 1. The maximum atomic E-state index is 5.75. The van der Waals surface area contributed by atoms with Crippen molar-refractivity contribution in [2.24, 2.45) is 0 Å². The molecule has 1 aromatic rings. The highest BCUT2D eigenvalue weighted by molar-refractivity contribution is 14.1. The van der Waals surface area contributed by atoms with Gasteiger partial charge in [-0.2, -0.15) is 0 Å². The zero-order valence-corrected chi connectivity index (χ0v) is 13.0. The average molecular weight is 346 g/mol. The minimum atomic E-state index is -0.572. The van der Waals surface area contributed by atoms with Gasteiger partial charge in [0.15, 0.2) is 5.79 Å². The van der Waals surface area contributed by atoms with Crippen molar-refractivity contribution in [1.82, 2.24) is 0 Å². The molecule has 17 heavy (non-hydrogen) atoms. The van der Waals surface area contributed by atoms with Crippen LogP contribution in [0.15, 0.2) is 18.2 Å². The van der Waals surface area contributed by atoms with Crippen molar-refractivity contribution in [1.29, 1.82) is 0 Å². The number of rotatable bonds is 1. The molecule has 0 atom stereocenters. The van der Waals surface area contributed by atoms with Crippen LogP contribution in [0.4, 0.5) is 0 Å². The summed E-state index contributed by atoms with van der Waals surface area (Å²) in [7, 11) is 0. The highest BCUT2D eigenvalue weighted by Gasteiger charge is 2.35. The van der Waals surface area contributed by atoms with Gasteiger partial charge in [-0.05, 0) is 52.6 Å². The van der Waals surface area contributed by atoms with E-state index >= 15 is 0 Å². The third kappa shape index (κ3) is 2.66. The Kier molecular flexibility index (Phi) is 3.54. The maximum absolute atomic E-state index is 5.75. The van der Waals surface area contributed by atoms with E-state index in [1.807, 2.05) is 6.92 Å². The van der Waals surface area contributed by atoms with Crippen LogP contribution in [0.1, 0.15) is 38.8 Å². The normalized spacial score (nSPS) is 19.6. The van der Waals surface area contributed by atoms with Gasteiger partial charge in [0.25, 0.3) is 0 Å². The minimum absolute atomic E-state index is 0.147. The third-order valence-electron chi connectivity index (χ3n) is 3.16. The molecule has 0 radical (unpaired) electrons. The SMILES string of the molecule is CC(C)(C)c1ccc(I)c(C2(C)OCCO2)c1. The molecule has 94 valence electrons. The lowest BCUT2D eigenvalue weighted by Gasteiger charge is -2.27. The van der Waals surface area contributed by atoms with E-state index in [-0.39, 0.29) is 5.41 Å². The first-order valence-electron chi connectivity index (χ1n) is 5.91. The Morgan fingerprint density at radius 3 is 2.29 bits per heavy atom. The Balaban J connectivity index is 2.46. The van der Waals surface area contributed by atoms with Crippen molar-refractivity contribution in [2.75, 3.05) is 13.2 Å². The first-order valence-corrected chi connectivity index (χ1v) is 6.99. The van der Waals surface area contributed by atoms with Crippen molar-refractivity contribution in [3.05, 3.63) is 32.9 Å². The first kappa shape index (κ1) is 13.3. The van der Waals surface area contributed by atoms with Crippen molar-refractivity contribution in [3.8, 4) is 0 Å². The molecule has 0 N–H and O–H groups in total. The van der Waals surface area contributed by atoms with Gasteiger partial charge < -0.3 is 9.47 Å². The van der Waals surface area contributed by atoms with Gasteiger partial charge in [0, 0.05) is 9.13 Å². The summed E-state index contributed by atoms with van der Waals surface area (Å²) in [5, 5.41) is 0. The quantitative estimate of drug-likeness (QED) is 0.720. The van der Waals surface area contributed by atoms with Gasteiger partial charge in [0.2, 0.25) is 0 Å². The summed E-state index contributed by atoms with van der Waals surface area (Å²) >= 11 is 2.34. The van der Waals surface area contributed by atoms with Crippen LogP contribution in [0.2, 0.25) is 0 Å². The van der Waals surface area contributed by atoms with Crippen LogP contribution in [-0.2, 0) is 20.7 Å². The van der Waals surface area contributed by atoms with Crippen molar-refractivity contribution < 1.29 is 9.47 Å². The smallest absolute Gasteiger partial charge is 0.193 e. The monoisotopic (exact) mass is 346 g/mol. The first-order chi connectivity index (χ1) is 7.83. The lowest BCUT2D eigenvalue weighted by Crippen LogP contribution is -2.25. The van der Waals surface area contributed by atoms with Crippen molar-refractivity contribution in [3.63, 3.8) is 0 Å². The molecule has 1 fully saturated rings. The standard InChI is InChI=1S/C14H19IO2/c1-13(2,3)10-5-6-12(15)11(9-10)14(4)16-7-8-17-14/h5-6,9H,7-8H2,1-4H3. The van der Waals surface area contributed by atoms with Crippen LogP contribution in [-0.4, -0.2) is 13.2 Å².